The molecule has 2 aromatic heterocycles. The summed E-state index contributed by atoms with van der Waals surface area (Å²) in [5, 5.41) is 11.5. The van der Waals surface area contributed by atoms with E-state index in [9.17, 15) is 0 Å². The highest BCUT2D eigenvalue weighted by Crippen LogP contribution is 2.30. The first-order valence-corrected chi connectivity index (χ1v) is 7.86. The summed E-state index contributed by atoms with van der Waals surface area (Å²) in [4.78, 5) is 8.24. The summed E-state index contributed by atoms with van der Waals surface area (Å²) in [6, 6.07) is 13.2. The number of anilines is 3. The van der Waals surface area contributed by atoms with E-state index in [1.807, 2.05) is 49.4 Å². The van der Waals surface area contributed by atoms with Crippen molar-refractivity contribution in [3.63, 3.8) is 0 Å². The molecule has 7 nitrogen and oxygen atoms in total. The number of hydrogen-bond acceptors (Lipinski definition) is 7. The molecule has 0 saturated carbocycles. The predicted molar refractivity (Wildman–Crippen MR) is 96.7 cm³/mol. The van der Waals surface area contributed by atoms with Crippen LogP contribution >= 0.6 is 11.6 Å². The molecule has 0 amide bonds. The zero-order chi connectivity index (χ0) is 17.4. The van der Waals surface area contributed by atoms with Crippen molar-refractivity contribution in [1.82, 2.24) is 20.3 Å². The Labute approximate surface area is 147 Å². The van der Waals surface area contributed by atoms with Crippen LogP contribution in [0.3, 0.4) is 0 Å². The number of halogens is 1. The van der Waals surface area contributed by atoms with Crippen molar-refractivity contribution in [3.05, 3.63) is 53.2 Å². The van der Waals surface area contributed by atoms with Crippen LogP contribution in [0.2, 0.25) is 5.02 Å². The van der Waals surface area contributed by atoms with E-state index in [-0.39, 0.29) is 5.95 Å². The molecule has 4 aromatic rings. The first-order valence-electron chi connectivity index (χ1n) is 7.48. The normalized spacial score (nSPS) is 11.0. The third-order valence-electron chi connectivity index (χ3n) is 3.63. The van der Waals surface area contributed by atoms with Gasteiger partial charge in [0, 0.05) is 22.5 Å². The summed E-state index contributed by atoms with van der Waals surface area (Å²) >= 11 is 6.28. The number of fused-ring (bicyclic) bond motifs is 1. The molecule has 2 aromatic carbocycles. The average molecular weight is 353 g/mol. The Morgan fingerprint density at radius 2 is 1.80 bits per heavy atom. The molecule has 0 unspecified atom stereocenters. The van der Waals surface area contributed by atoms with E-state index in [1.165, 1.54) is 0 Å². The van der Waals surface area contributed by atoms with E-state index >= 15 is 0 Å². The number of hydrogen-bond donors (Lipinski definition) is 2. The number of nitrogens with one attached hydrogen (secondary N) is 1. The molecule has 0 aliphatic rings. The number of nitrogen functional groups attached to an aromatic ring is 1. The van der Waals surface area contributed by atoms with Gasteiger partial charge in [-0.3, -0.25) is 0 Å². The van der Waals surface area contributed by atoms with E-state index in [4.69, 9.17) is 22.0 Å². The van der Waals surface area contributed by atoms with E-state index in [1.54, 1.807) is 0 Å². The van der Waals surface area contributed by atoms with Gasteiger partial charge in [-0.2, -0.15) is 4.98 Å². The minimum Gasteiger partial charge on any atom is -0.368 e. The molecule has 0 saturated heterocycles. The number of nitrogens with zero attached hydrogens (tertiary/aromatic N) is 4. The van der Waals surface area contributed by atoms with E-state index in [0.29, 0.717) is 21.9 Å². The van der Waals surface area contributed by atoms with Gasteiger partial charge in [-0.15, -0.1) is 0 Å². The summed E-state index contributed by atoms with van der Waals surface area (Å²) < 4.78 is 4.74. The monoisotopic (exact) mass is 352 g/mol. The zero-order valence-electron chi connectivity index (χ0n) is 13.2. The highest BCUT2D eigenvalue weighted by molar-refractivity contribution is 6.31. The van der Waals surface area contributed by atoms with Crippen LogP contribution in [0.4, 0.5) is 17.5 Å². The van der Waals surface area contributed by atoms with Gasteiger partial charge in [0.15, 0.2) is 0 Å². The first-order chi connectivity index (χ1) is 12.1. The molecule has 0 fully saturated rings. The molecule has 0 spiro atoms. The molecule has 124 valence electrons. The fourth-order valence-corrected chi connectivity index (χ4v) is 2.83. The van der Waals surface area contributed by atoms with Gasteiger partial charge in [-0.1, -0.05) is 17.7 Å². The topological polar surface area (TPSA) is 103 Å². The van der Waals surface area contributed by atoms with Crippen LogP contribution in [0.15, 0.2) is 47.1 Å². The Kier molecular flexibility index (Phi) is 3.70. The summed E-state index contributed by atoms with van der Waals surface area (Å²) in [5.74, 6) is 0.822. The molecular weight excluding hydrogens is 340 g/mol. The van der Waals surface area contributed by atoms with Gasteiger partial charge in [-0.05, 0) is 58.7 Å². The number of benzene rings is 2. The first kappa shape index (κ1) is 15.3. The van der Waals surface area contributed by atoms with Crippen molar-refractivity contribution in [2.45, 2.75) is 6.92 Å². The van der Waals surface area contributed by atoms with Crippen molar-refractivity contribution in [2.24, 2.45) is 0 Å². The number of aromatic nitrogens is 4. The van der Waals surface area contributed by atoms with Crippen LogP contribution in [-0.2, 0) is 0 Å². The second-order valence-electron chi connectivity index (χ2n) is 5.57. The lowest BCUT2D eigenvalue weighted by molar-refractivity contribution is 0.315. The Morgan fingerprint density at radius 3 is 2.64 bits per heavy atom. The molecule has 0 atom stereocenters. The molecule has 0 aliphatic carbocycles. The van der Waals surface area contributed by atoms with Crippen molar-refractivity contribution < 1.29 is 4.63 Å². The molecule has 4 rings (SSSR count). The molecule has 25 heavy (non-hydrogen) atoms. The van der Waals surface area contributed by atoms with Crippen LogP contribution in [0.5, 0.6) is 0 Å². The summed E-state index contributed by atoms with van der Waals surface area (Å²) in [6.45, 7) is 1.85. The molecular formula is C17H13ClN6O. The molecule has 0 radical (unpaired) electrons. The molecule has 0 bridgehead atoms. The smallest absolute Gasteiger partial charge is 0.222 e. The van der Waals surface area contributed by atoms with Gasteiger partial charge < -0.3 is 11.1 Å². The molecule has 0 aliphatic heterocycles. The maximum Gasteiger partial charge on any atom is 0.222 e. The van der Waals surface area contributed by atoms with Crippen molar-refractivity contribution >= 4 is 40.1 Å². The van der Waals surface area contributed by atoms with Crippen LogP contribution in [0.25, 0.3) is 22.2 Å². The van der Waals surface area contributed by atoms with Gasteiger partial charge in [0.05, 0.1) is 0 Å². The van der Waals surface area contributed by atoms with Crippen LogP contribution in [-0.4, -0.2) is 20.3 Å². The molecule has 2 heterocycles. The van der Waals surface area contributed by atoms with Crippen LogP contribution in [0, 0.1) is 6.92 Å². The Hall–Kier alpha value is -3.19. The van der Waals surface area contributed by atoms with Crippen LogP contribution < -0.4 is 11.1 Å². The van der Waals surface area contributed by atoms with Gasteiger partial charge >= 0.3 is 0 Å². The van der Waals surface area contributed by atoms with Crippen LogP contribution in [0.1, 0.15) is 5.69 Å². The summed E-state index contributed by atoms with van der Waals surface area (Å²) in [6.07, 6.45) is 0. The third kappa shape index (κ3) is 3.22. The lowest BCUT2D eigenvalue weighted by atomic mass is 10.0. The average Bonchev–Trinajstić information content (AvgIpc) is 3.00. The van der Waals surface area contributed by atoms with Crippen molar-refractivity contribution in [1.29, 1.82) is 0 Å². The maximum absolute atomic E-state index is 6.28. The molecule has 8 heteroatoms. The Balaban J connectivity index is 1.72. The quantitative estimate of drug-likeness (QED) is 0.575. The minimum absolute atomic E-state index is 0.216. The highest BCUT2D eigenvalue weighted by atomic mass is 35.5. The molecule has 3 N–H and O–H groups in total. The fraction of sp³-hybridized carbons (Fsp3) is 0.0588. The number of rotatable bonds is 3. The largest absolute Gasteiger partial charge is 0.368 e. The van der Waals surface area contributed by atoms with E-state index in [0.717, 1.165) is 22.5 Å². The summed E-state index contributed by atoms with van der Waals surface area (Å²) in [7, 11) is 0. The van der Waals surface area contributed by atoms with Gasteiger partial charge in [0.25, 0.3) is 0 Å². The zero-order valence-corrected chi connectivity index (χ0v) is 13.9. The second kappa shape index (κ2) is 6.03. The van der Waals surface area contributed by atoms with Gasteiger partial charge in [-0.25, -0.2) is 9.61 Å². The number of aryl methyl sites for hydroxylation is 1. The van der Waals surface area contributed by atoms with E-state index < -0.39 is 0 Å². The maximum atomic E-state index is 6.28. The lowest BCUT2D eigenvalue weighted by Crippen LogP contribution is -2.01. The lowest BCUT2D eigenvalue weighted by Gasteiger charge is -2.10. The van der Waals surface area contributed by atoms with Crippen molar-refractivity contribution in [3.8, 4) is 11.1 Å². The third-order valence-corrected chi connectivity index (χ3v) is 3.85. The predicted octanol–water partition coefficient (Wildman–Crippen LogP) is 3.97. The fourth-order valence-electron chi connectivity index (χ4n) is 2.59. The second-order valence-corrected chi connectivity index (χ2v) is 6.01. The number of nitrogens with two attached hydrogens (primary N) is 1. The van der Waals surface area contributed by atoms with Crippen molar-refractivity contribution in [2.75, 3.05) is 11.1 Å². The van der Waals surface area contributed by atoms with Gasteiger partial charge in [0.2, 0.25) is 5.95 Å². The highest BCUT2D eigenvalue weighted by Gasteiger charge is 2.07. The SMILES string of the molecule is Cc1cc(Nc2cc(Cl)cc(-c3ccc4nonc4c3)c2)nc(N)n1. The minimum atomic E-state index is 0.216. The van der Waals surface area contributed by atoms with Gasteiger partial charge in [0.1, 0.15) is 16.9 Å². The van der Waals surface area contributed by atoms with E-state index in [2.05, 4.69) is 25.6 Å². The summed E-state index contributed by atoms with van der Waals surface area (Å²) in [5.41, 5.74) is 10.5. The Morgan fingerprint density at radius 1 is 0.960 bits per heavy atom. The Bertz CT molecular complexity index is 1060. The standard InChI is InChI=1S/C17H13ClN6O/c1-9-4-16(22-17(19)20-9)21-13-6-11(5-12(18)8-13)10-2-3-14-15(7-10)24-25-23-14/h2-8H,1H3,(H3,19,20,21,22).